The molecule has 23 heavy (non-hydrogen) atoms. The largest absolute Gasteiger partial charge is 0.493 e. The normalized spacial score (nSPS) is 11.1. The molecule has 3 aromatic rings. The van der Waals surface area contributed by atoms with Gasteiger partial charge in [-0.05, 0) is 42.8 Å². The number of hydrazone groups is 1. The van der Waals surface area contributed by atoms with E-state index in [0.29, 0.717) is 28.8 Å². The van der Waals surface area contributed by atoms with Gasteiger partial charge in [0.2, 0.25) is 0 Å². The second kappa shape index (κ2) is 6.30. The molecule has 2 heterocycles. The third-order valence-electron chi connectivity index (χ3n) is 3.22. The summed E-state index contributed by atoms with van der Waals surface area (Å²) in [4.78, 5) is 0. The zero-order valence-electron chi connectivity index (χ0n) is 13.0. The molecule has 0 saturated carbocycles. The Bertz CT molecular complexity index is 858. The lowest BCUT2D eigenvalue weighted by atomic mass is 10.2. The molecular weight excluding hydrogens is 296 g/mol. The van der Waals surface area contributed by atoms with Crippen molar-refractivity contribution in [2.75, 3.05) is 19.6 Å². The van der Waals surface area contributed by atoms with Crippen molar-refractivity contribution in [2.45, 2.75) is 6.92 Å². The Kier molecular flexibility index (Phi) is 4.05. The number of aryl methyl sites for hydroxylation is 1. The summed E-state index contributed by atoms with van der Waals surface area (Å²) in [7, 11) is 3.19. The fraction of sp³-hybridized carbons (Fsp3) is 0.200. The number of nitrogens with zero attached hydrogens (tertiary/aromatic N) is 5. The highest BCUT2D eigenvalue weighted by molar-refractivity contribution is 5.81. The minimum Gasteiger partial charge on any atom is -0.493 e. The lowest BCUT2D eigenvalue weighted by Gasteiger charge is -2.07. The summed E-state index contributed by atoms with van der Waals surface area (Å²) in [5, 5.41) is 16.5. The molecule has 0 spiro atoms. The molecule has 1 aromatic carbocycles. The van der Waals surface area contributed by atoms with Crippen molar-refractivity contribution in [3.8, 4) is 11.5 Å². The van der Waals surface area contributed by atoms with Gasteiger partial charge in [0.05, 0.1) is 20.4 Å². The average molecular weight is 312 g/mol. The highest BCUT2D eigenvalue weighted by Gasteiger charge is 2.04. The van der Waals surface area contributed by atoms with Gasteiger partial charge in [0, 0.05) is 0 Å². The van der Waals surface area contributed by atoms with Crippen LogP contribution in [0.2, 0.25) is 0 Å². The lowest BCUT2D eigenvalue weighted by molar-refractivity contribution is 0.355. The van der Waals surface area contributed by atoms with E-state index >= 15 is 0 Å². The van der Waals surface area contributed by atoms with Crippen molar-refractivity contribution >= 4 is 17.7 Å². The van der Waals surface area contributed by atoms with E-state index < -0.39 is 0 Å². The van der Waals surface area contributed by atoms with Gasteiger partial charge in [-0.2, -0.15) is 9.62 Å². The van der Waals surface area contributed by atoms with Crippen molar-refractivity contribution in [1.82, 2.24) is 19.8 Å². The Balaban J connectivity index is 1.76. The summed E-state index contributed by atoms with van der Waals surface area (Å²) in [6, 6.07) is 9.15. The summed E-state index contributed by atoms with van der Waals surface area (Å²) in [6.07, 6.45) is 1.67. The van der Waals surface area contributed by atoms with Crippen LogP contribution in [0.4, 0.5) is 5.82 Å². The number of aromatic nitrogens is 4. The molecule has 0 aliphatic carbocycles. The fourth-order valence-electron chi connectivity index (χ4n) is 2.06. The molecule has 0 amide bonds. The van der Waals surface area contributed by atoms with Crippen molar-refractivity contribution in [3.05, 3.63) is 41.7 Å². The van der Waals surface area contributed by atoms with Gasteiger partial charge in [0.25, 0.3) is 0 Å². The Labute approximate surface area is 132 Å². The van der Waals surface area contributed by atoms with Crippen LogP contribution in [-0.2, 0) is 0 Å². The van der Waals surface area contributed by atoms with E-state index in [1.165, 1.54) is 0 Å². The lowest BCUT2D eigenvalue weighted by Crippen LogP contribution is -2.00. The van der Waals surface area contributed by atoms with Crippen LogP contribution in [0, 0.1) is 6.92 Å². The van der Waals surface area contributed by atoms with E-state index in [1.54, 1.807) is 31.0 Å². The van der Waals surface area contributed by atoms with Gasteiger partial charge in [-0.1, -0.05) is 0 Å². The molecule has 118 valence electrons. The van der Waals surface area contributed by atoms with E-state index in [-0.39, 0.29) is 0 Å². The molecule has 0 unspecified atom stereocenters. The molecule has 0 atom stereocenters. The number of ether oxygens (including phenoxy) is 2. The quantitative estimate of drug-likeness (QED) is 0.572. The first kappa shape index (κ1) is 14.8. The van der Waals surface area contributed by atoms with E-state index in [1.807, 2.05) is 31.2 Å². The number of rotatable bonds is 5. The summed E-state index contributed by atoms with van der Waals surface area (Å²) >= 11 is 0. The Morgan fingerprint density at radius 2 is 1.91 bits per heavy atom. The zero-order valence-corrected chi connectivity index (χ0v) is 13.0. The molecule has 0 bridgehead atoms. The zero-order chi connectivity index (χ0) is 16.2. The van der Waals surface area contributed by atoms with E-state index in [0.717, 1.165) is 5.56 Å². The van der Waals surface area contributed by atoms with Gasteiger partial charge in [-0.3, -0.25) is 5.43 Å². The molecule has 2 aromatic heterocycles. The summed E-state index contributed by atoms with van der Waals surface area (Å²) < 4.78 is 12.1. The molecule has 8 heteroatoms. The van der Waals surface area contributed by atoms with Gasteiger partial charge < -0.3 is 9.47 Å². The van der Waals surface area contributed by atoms with Crippen LogP contribution in [0.15, 0.2) is 35.4 Å². The van der Waals surface area contributed by atoms with Gasteiger partial charge in [0.1, 0.15) is 0 Å². The molecule has 0 fully saturated rings. The monoisotopic (exact) mass is 312 g/mol. The van der Waals surface area contributed by atoms with E-state index in [9.17, 15) is 0 Å². The third kappa shape index (κ3) is 3.05. The highest BCUT2D eigenvalue weighted by Crippen LogP contribution is 2.26. The highest BCUT2D eigenvalue weighted by atomic mass is 16.5. The standard InChI is InChI=1S/C15H16N6O2/c1-10-17-19-15-7-6-14(20-21(10)15)18-16-9-11-4-5-12(22-2)13(8-11)23-3/h4-9H,1-3H3,(H,18,20)/b16-9-. The number of methoxy groups -OCH3 is 2. The smallest absolute Gasteiger partial charge is 0.178 e. The van der Waals surface area contributed by atoms with Crippen LogP contribution in [0.1, 0.15) is 11.4 Å². The van der Waals surface area contributed by atoms with Crippen LogP contribution >= 0.6 is 0 Å². The maximum absolute atomic E-state index is 5.26. The van der Waals surface area contributed by atoms with Crippen molar-refractivity contribution in [1.29, 1.82) is 0 Å². The first-order chi connectivity index (χ1) is 11.2. The number of benzene rings is 1. The molecule has 8 nitrogen and oxygen atoms in total. The first-order valence-corrected chi connectivity index (χ1v) is 6.91. The predicted molar refractivity (Wildman–Crippen MR) is 86.3 cm³/mol. The van der Waals surface area contributed by atoms with Gasteiger partial charge in [-0.15, -0.1) is 15.3 Å². The Morgan fingerprint density at radius 1 is 1.09 bits per heavy atom. The van der Waals surface area contributed by atoms with Crippen molar-refractivity contribution in [2.24, 2.45) is 5.10 Å². The van der Waals surface area contributed by atoms with E-state index in [4.69, 9.17) is 9.47 Å². The average Bonchev–Trinajstić information content (AvgIpc) is 2.95. The summed E-state index contributed by atoms with van der Waals surface area (Å²) in [6.45, 7) is 1.84. The van der Waals surface area contributed by atoms with Crippen LogP contribution in [0.5, 0.6) is 11.5 Å². The molecular formula is C15H16N6O2. The molecule has 0 saturated heterocycles. The first-order valence-electron chi connectivity index (χ1n) is 6.91. The number of fused-ring (bicyclic) bond motifs is 1. The van der Waals surface area contributed by atoms with Gasteiger partial charge >= 0.3 is 0 Å². The van der Waals surface area contributed by atoms with Crippen molar-refractivity contribution < 1.29 is 9.47 Å². The molecule has 0 aliphatic rings. The predicted octanol–water partition coefficient (Wildman–Crippen LogP) is 1.90. The van der Waals surface area contributed by atoms with Crippen LogP contribution < -0.4 is 14.9 Å². The van der Waals surface area contributed by atoms with Crippen LogP contribution in [-0.4, -0.2) is 40.2 Å². The van der Waals surface area contributed by atoms with Gasteiger partial charge in [0.15, 0.2) is 28.8 Å². The number of nitrogens with one attached hydrogen (secondary N) is 1. The second-order valence-corrected chi connectivity index (χ2v) is 4.72. The molecule has 0 radical (unpaired) electrons. The number of anilines is 1. The minimum atomic E-state index is 0.595. The summed E-state index contributed by atoms with van der Waals surface area (Å²) in [5.74, 6) is 2.63. The Morgan fingerprint density at radius 3 is 2.70 bits per heavy atom. The molecule has 3 rings (SSSR count). The van der Waals surface area contributed by atoms with E-state index in [2.05, 4.69) is 25.8 Å². The van der Waals surface area contributed by atoms with Crippen LogP contribution in [0.25, 0.3) is 5.65 Å². The second-order valence-electron chi connectivity index (χ2n) is 4.72. The molecule has 1 N–H and O–H groups in total. The molecule has 0 aliphatic heterocycles. The van der Waals surface area contributed by atoms with Crippen molar-refractivity contribution in [3.63, 3.8) is 0 Å². The summed E-state index contributed by atoms with van der Waals surface area (Å²) in [5.41, 5.74) is 4.44. The third-order valence-corrected chi connectivity index (χ3v) is 3.22. The number of hydrogen-bond donors (Lipinski definition) is 1. The fourth-order valence-corrected chi connectivity index (χ4v) is 2.06. The maximum atomic E-state index is 5.26. The SMILES string of the molecule is COc1ccc(/C=N\Nc2ccc3nnc(C)n3n2)cc1OC. The number of hydrogen-bond acceptors (Lipinski definition) is 7. The topological polar surface area (TPSA) is 85.9 Å². The minimum absolute atomic E-state index is 0.595. The van der Waals surface area contributed by atoms with Crippen LogP contribution in [0.3, 0.4) is 0 Å². The maximum Gasteiger partial charge on any atom is 0.178 e. The Hall–Kier alpha value is -3.16. The van der Waals surface area contributed by atoms with Gasteiger partial charge in [-0.25, -0.2) is 0 Å².